The molecule has 1 saturated heterocycles. The Balaban J connectivity index is 2.38. The molecule has 3 atom stereocenters. The van der Waals surface area contributed by atoms with E-state index < -0.39 is 36.7 Å². The zero-order valence-electron chi connectivity index (χ0n) is 14.4. The normalized spacial score (nSPS) is 29.0. The number of esters is 2. The molecule has 0 unspecified atom stereocenters. The molecule has 2 N–H and O–H groups in total. The van der Waals surface area contributed by atoms with Crippen LogP contribution >= 0.6 is 0 Å². The number of carbonyl (C=O) groups is 2. The number of aliphatic hydroxyl groups is 2. The molecule has 2 rings (SSSR count). The van der Waals surface area contributed by atoms with Crippen molar-refractivity contribution < 1.29 is 29.3 Å². The van der Waals surface area contributed by atoms with Gasteiger partial charge in [0.05, 0.1) is 24.7 Å². The largest absolute Gasteiger partial charge is 0.458 e. The Kier molecular flexibility index (Phi) is 6.33. The van der Waals surface area contributed by atoms with Crippen LogP contribution in [0, 0.1) is 5.92 Å². The molecule has 0 saturated carbocycles. The highest BCUT2D eigenvalue weighted by atomic mass is 16.6. The molecular weight excluding hydrogens is 324 g/mol. The van der Waals surface area contributed by atoms with Crippen LogP contribution in [0.25, 0.3) is 0 Å². The monoisotopic (exact) mass is 348 g/mol. The third-order valence-corrected chi connectivity index (χ3v) is 4.48. The standard InChI is InChI=1S/C19H24O6/c1-11-5-4-6-14(10-21)8-16-17(13(3)19(23)25-16)15(7-11)24-18(22)12(2)9-20/h5,8,15-17,20-21H,2-4,6-7,9-10H2,1H3/b11-5?,14-8-/t15-,16+,17+/m0/s1. The first-order chi connectivity index (χ1) is 11.9. The van der Waals surface area contributed by atoms with Gasteiger partial charge in [0.25, 0.3) is 0 Å². The number of hydrogen-bond donors (Lipinski definition) is 2. The molecule has 2 aliphatic rings. The fourth-order valence-electron chi connectivity index (χ4n) is 3.06. The molecule has 0 bridgehead atoms. The number of hydrogen-bond acceptors (Lipinski definition) is 6. The SMILES string of the molecule is C=C(CO)C(=O)O[C@H]1CC(C)=CCC/C(CO)=C/[C@H]2OC(=O)C(=C)[C@H]12. The van der Waals surface area contributed by atoms with Gasteiger partial charge in [0.15, 0.2) is 0 Å². The smallest absolute Gasteiger partial charge is 0.336 e. The predicted octanol–water partition coefficient (Wildman–Crippen LogP) is 1.59. The average Bonchev–Trinajstić information content (AvgIpc) is 2.86. The Bertz CT molecular complexity index is 642. The summed E-state index contributed by atoms with van der Waals surface area (Å²) in [4.78, 5) is 24.1. The number of rotatable bonds is 4. The van der Waals surface area contributed by atoms with Crippen molar-refractivity contribution in [2.75, 3.05) is 13.2 Å². The summed E-state index contributed by atoms with van der Waals surface area (Å²) < 4.78 is 10.9. The van der Waals surface area contributed by atoms with Crippen LogP contribution in [0.4, 0.5) is 0 Å². The van der Waals surface area contributed by atoms with Gasteiger partial charge < -0.3 is 19.7 Å². The predicted molar refractivity (Wildman–Crippen MR) is 91.4 cm³/mol. The zero-order chi connectivity index (χ0) is 18.6. The Morgan fingerprint density at radius 2 is 2.16 bits per heavy atom. The van der Waals surface area contributed by atoms with Gasteiger partial charge in [0.2, 0.25) is 0 Å². The van der Waals surface area contributed by atoms with Crippen molar-refractivity contribution in [3.63, 3.8) is 0 Å². The molecule has 0 aromatic carbocycles. The molecule has 0 aromatic heterocycles. The molecule has 136 valence electrons. The van der Waals surface area contributed by atoms with E-state index in [4.69, 9.17) is 14.6 Å². The minimum atomic E-state index is -0.713. The number of aliphatic hydroxyl groups excluding tert-OH is 2. The molecule has 6 heteroatoms. The lowest BCUT2D eigenvalue weighted by atomic mass is 9.85. The van der Waals surface area contributed by atoms with Crippen LogP contribution in [0.2, 0.25) is 0 Å². The van der Waals surface area contributed by atoms with E-state index in [0.29, 0.717) is 12.8 Å². The summed E-state index contributed by atoms with van der Waals surface area (Å²) in [6, 6.07) is 0. The minimum absolute atomic E-state index is 0.0577. The maximum Gasteiger partial charge on any atom is 0.336 e. The lowest BCUT2D eigenvalue weighted by Crippen LogP contribution is -2.34. The second-order valence-corrected chi connectivity index (χ2v) is 6.40. The molecule has 25 heavy (non-hydrogen) atoms. The number of ether oxygens (including phenoxy) is 2. The maximum atomic E-state index is 12.1. The Morgan fingerprint density at radius 1 is 1.44 bits per heavy atom. The summed E-state index contributed by atoms with van der Waals surface area (Å²) in [6.07, 6.45) is 4.23. The molecule has 1 heterocycles. The van der Waals surface area contributed by atoms with Gasteiger partial charge in [-0.3, -0.25) is 0 Å². The van der Waals surface area contributed by atoms with E-state index in [1.54, 1.807) is 6.08 Å². The highest BCUT2D eigenvalue weighted by Crippen LogP contribution is 2.36. The average molecular weight is 348 g/mol. The van der Waals surface area contributed by atoms with E-state index in [9.17, 15) is 14.7 Å². The van der Waals surface area contributed by atoms with Gasteiger partial charge in [-0.2, -0.15) is 0 Å². The number of allylic oxidation sites excluding steroid dienone is 1. The van der Waals surface area contributed by atoms with Gasteiger partial charge in [-0.25, -0.2) is 9.59 Å². The second kappa shape index (κ2) is 8.27. The first-order valence-electron chi connectivity index (χ1n) is 8.22. The van der Waals surface area contributed by atoms with E-state index in [2.05, 4.69) is 13.2 Å². The minimum Gasteiger partial charge on any atom is -0.458 e. The molecule has 1 aliphatic carbocycles. The second-order valence-electron chi connectivity index (χ2n) is 6.40. The molecule has 0 spiro atoms. The summed E-state index contributed by atoms with van der Waals surface area (Å²) in [6.45, 7) is 8.55. The molecular formula is C19H24O6. The fourth-order valence-corrected chi connectivity index (χ4v) is 3.06. The highest BCUT2D eigenvalue weighted by molar-refractivity contribution is 5.92. The van der Waals surface area contributed by atoms with E-state index in [1.165, 1.54) is 0 Å². The van der Waals surface area contributed by atoms with Gasteiger partial charge in [-0.15, -0.1) is 0 Å². The van der Waals surface area contributed by atoms with Crippen molar-refractivity contribution in [2.45, 2.75) is 38.4 Å². The van der Waals surface area contributed by atoms with Crippen molar-refractivity contribution in [1.82, 2.24) is 0 Å². The van der Waals surface area contributed by atoms with E-state index in [1.807, 2.05) is 13.0 Å². The lowest BCUT2D eigenvalue weighted by molar-refractivity contribution is -0.147. The van der Waals surface area contributed by atoms with E-state index in [0.717, 1.165) is 17.6 Å². The van der Waals surface area contributed by atoms with Gasteiger partial charge in [0.1, 0.15) is 12.2 Å². The van der Waals surface area contributed by atoms with Crippen LogP contribution in [0.15, 0.2) is 47.6 Å². The first-order valence-corrected chi connectivity index (χ1v) is 8.22. The number of fused-ring (bicyclic) bond motifs is 1. The molecule has 0 amide bonds. The van der Waals surface area contributed by atoms with Crippen LogP contribution in [0.3, 0.4) is 0 Å². The first kappa shape index (κ1) is 19.1. The van der Waals surface area contributed by atoms with Gasteiger partial charge in [-0.1, -0.05) is 24.8 Å². The van der Waals surface area contributed by atoms with Crippen LogP contribution in [0.1, 0.15) is 26.2 Å². The topological polar surface area (TPSA) is 93.1 Å². The van der Waals surface area contributed by atoms with Crippen molar-refractivity contribution >= 4 is 11.9 Å². The molecule has 1 aliphatic heterocycles. The van der Waals surface area contributed by atoms with Gasteiger partial charge >= 0.3 is 11.9 Å². The Labute approximate surface area is 147 Å². The van der Waals surface area contributed by atoms with Crippen LogP contribution < -0.4 is 0 Å². The van der Waals surface area contributed by atoms with Gasteiger partial charge in [0, 0.05) is 12.0 Å². The Morgan fingerprint density at radius 3 is 2.80 bits per heavy atom. The number of carbonyl (C=O) groups excluding carboxylic acids is 2. The summed E-state index contributed by atoms with van der Waals surface area (Å²) in [7, 11) is 0. The lowest BCUT2D eigenvalue weighted by Gasteiger charge is -2.27. The van der Waals surface area contributed by atoms with Crippen LogP contribution in [-0.4, -0.2) is 47.6 Å². The summed E-state index contributed by atoms with van der Waals surface area (Å²) in [5.74, 6) is -1.80. The highest BCUT2D eigenvalue weighted by Gasteiger charge is 2.44. The van der Waals surface area contributed by atoms with Crippen molar-refractivity contribution in [3.05, 3.63) is 47.6 Å². The third kappa shape index (κ3) is 4.46. The Hall–Kier alpha value is -2.18. The quantitative estimate of drug-likeness (QED) is 0.455. The summed E-state index contributed by atoms with van der Waals surface area (Å²) >= 11 is 0. The molecule has 6 nitrogen and oxygen atoms in total. The molecule has 0 aromatic rings. The van der Waals surface area contributed by atoms with Crippen LogP contribution in [-0.2, 0) is 19.1 Å². The van der Waals surface area contributed by atoms with Crippen molar-refractivity contribution in [3.8, 4) is 0 Å². The van der Waals surface area contributed by atoms with E-state index in [-0.39, 0.29) is 17.8 Å². The summed E-state index contributed by atoms with van der Waals surface area (Å²) in [5, 5.41) is 18.6. The van der Waals surface area contributed by atoms with Gasteiger partial charge in [-0.05, 0) is 31.4 Å². The van der Waals surface area contributed by atoms with E-state index >= 15 is 0 Å². The third-order valence-electron chi connectivity index (χ3n) is 4.48. The summed E-state index contributed by atoms with van der Waals surface area (Å²) in [5.41, 5.74) is 1.93. The zero-order valence-corrected chi connectivity index (χ0v) is 14.4. The van der Waals surface area contributed by atoms with Crippen molar-refractivity contribution in [2.24, 2.45) is 5.92 Å². The fraction of sp³-hybridized carbons (Fsp3) is 0.474. The molecule has 1 fully saturated rings. The van der Waals surface area contributed by atoms with Crippen molar-refractivity contribution in [1.29, 1.82) is 0 Å². The molecule has 0 radical (unpaired) electrons. The van der Waals surface area contributed by atoms with Crippen LogP contribution in [0.5, 0.6) is 0 Å². The maximum absolute atomic E-state index is 12.1.